The molecule has 2 aromatic carbocycles. The number of thioether (sulfide) groups is 1. The van der Waals surface area contributed by atoms with Crippen LogP contribution in [-0.4, -0.2) is 14.2 Å². The Morgan fingerprint density at radius 2 is 1.75 bits per heavy atom. The number of rotatable bonds is 5. The van der Waals surface area contributed by atoms with Gasteiger partial charge in [-0.1, -0.05) is 19.1 Å². The molecule has 0 radical (unpaired) electrons. The van der Waals surface area contributed by atoms with Crippen molar-refractivity contribution < 1.29 is 8.42 Å². The van der Waals surface area contributed by atoms with E-state index in [2.05, 4.69) is 4.72 Å². The summed E-state index contributed by atoms with van der Waals surface area (Å²) in [6.07, 6.45) is 0. The molecule has 0 aliphatic carbocycles. The molecule has 0 fully saturated rings. The van der Waals surface area contributed by atoms with Gasteiger partial charge in [-0.2, -0.15) is 0 Å². The van der Waals surface area contributed by atoms with Crippen LogP contribution < -0.4 is 10.5 Å². The molecule has 0 amide bonds. The zero-order chi connectivity index (χ0) is 14.6. The first-order chi connectivity index (χ1) is 9.53. The van der Waals surface area contributed by atoms with Crippen molar-refractivity contribution in [1.82, 2.24) is 0 Å². The Kier molecular flexibility index (Phi) is 4.57. The molecule has 2 rings (SSSR count). The van der Waals surface area contributed by atoms with Gasteiger partial charge in [0.1, 0.15) is 0 Å². The maximum atomic E-state index is 12.3. The van der Waals surface area contributed by atoms with Crippen molar-refractivity contribution in [1.29, 1.82) is 0 Å². The minimum absolute atomic E-state index is 0.197. The normalized spacial score (nSPS) is 11.2. The third-order valence-electron chi connectivity index (χ3n) is 2.62. The number of anilines is 2. The van der Waals surface area contributed by atoms with Gasteiger partial charge in [-0.05, 0) is 42.2 Å². The van der Waals surface area contributed by atoms with E-state index in [0.717, 1.165) is 10.6 Å². The predicted molar refractivity (Wildman–Crippen MR) is 84.5 cm³/mol. The quantitative estimate of drug-likeness (QED) is 0.657. The molecule has 0 spiro atoms. The van der Waals surface area contributed by atoms with Gasteiger partial charge < -0.3 is 5.73 Å². The van der Waals surface area contributed by atoms with Crippen molar-refractivity contribution in [3.8, 4) is 0 Å². The summed E-state index contributed by atoms with van der Waals surface area (Å²) in [7, 11) is -3.59. The second-order valence-corrected chi connectivity index (χ2v) is 7.09. The number of hydrogen-bond donors (Lipinski definition) is 2. The number of benzene rings is 2. The average Bonchev–Trinajstić information content (AvgIpc) is 2.41. The third-order valence-corrected chi connectivity index (χ3v) is 4.96. The van der Waals surface area contributed by atoms with Crippen LogP contribution in [0.4, 0.5) is 11.4 Å². The van der Waals surface area contributed by atoms with E-state index in [1.807, 2.05) is 19.1 Å². The predicted octanol–water partition coefficient (Wildman–Crippen LogP) is 3.18. The number of para-hydroxylation sites is 1. The van der Waals surface area contributed by atoms with Crippen molar-refractivity contribution >= 4 is 33.2 Å². The Morgan fingerprint density at radius 3 is 2.40 bits per heavy atom. The van der Waals surface area contributed by atoms with E-state index in [1.165, 1.54) is 12.1 Å². The molecule has 0 atom stereocenters. The van der Waals surface area contributed by atoms with Crippen LogP contribution in [0.25, 0.3) is 0 Å². The largest absolute Gasteiger partial charge is 0.399 e. The molecule has 0 aromatic heterocycles. The maximum absolute atomic E-state index is 12.3. The summed E-state index contributed by atoms with van der Waals surface area (Å²) in [5.41, 5.74) is 6.69. The van der Waals surface area contributed by atoms with Gasteiger partial charge >= 0.3 is 0 Å². The van der Waals surface area contributed by atoms with Crippen LogP contribution in [0.5, 0.6) is 0 Å². The number of nitrogens with one attached hydrogen (secondary N) is 1. The van der Waals surface area contributed by atoms with E-state index >= 15 is 0 Å². The summed E-state index contributed by atoms with van der Waals surface area (Å²) in [5, 5.41) is 0. The van der Waals surface area contributed by atoms with Gasteiger partial charge in [-0.3, -0.25) is 4.72 Å². The van der Waals surface area contributed by atoms with Crippen molar-refractivity contribution in [2.75, 3.05) is 16.2 Å². The number of sulfonamides is 1. The molecule has 3 N–H and O–H groups in total. The molecule has 4 nitrogen and oxygen atoms in total. The SMILES string of the molecule is CCSc1ccccc1NS(=O)(=O)c1ccc(N)cc1. The lowest BCUT2D eigenvalue weighted by atomic mass is 10.3. The maximum Gasteiger partial charge on any atom is 0.261 e. The van der Waals surface area contributed by atoms with Crippen LogP contribution in [0.3, 0.4) is 0 Å². The molecule has 0 aliphatic rings. The summed E-state index contributed by atoms with van der Waals surface area (Å²) in [6.45, 7) is 2.02. The Bertz CT molecular complexity index is 683. The van der Waals surface area contributed by atoms with Crippen LogP contribution in [0, 0.1) is 0 Å². The van der Waals surface area contributed by atoms with Crippen LogP contribution >= 0.6 is 11.8 Å². The molecular formula is C14H16N2O2S2. The summed E-state index contributed by atoms with van der Waals surface area (Å²) in [4.78, 5) is 1.11. The lowest BCUT2D eigenvalue weighted by Crippen LogP contribution is -2.13. The highest BCUT2D eigenvalue weighted by atomic mass is 32.2. The number of hydrogen-bond acceptors (Lipinski definition) is 4. The van der Waals surface area contributed by atoms with Gasteiger partial charge in [-0.25, -0.2) is 8.42 Å². The van der Waals surface area contributed by atoms with Crippen molar-refractivity contribution in [2.24, 2.45) is 0 Å². The number of nitrogen functional groups attached to an aromatic ring is 1. The second-order valence-electron chi connectivity index (χ2n) is 4.10. The molecular weight excluding hydrogens is 292 g/mol. The number of nitrogens with two attached hydrogens (primary N) is 1. The topological polar surface area (TPSA) is 72.2 Å². The highest BCUT2D eigenvalue weighted by Crippen LogP contribution is 2.28. The van der Waals surface area contributed by atoms with Gasteiger partial charge in [0.05, 0.1) is 10.6 Å². The third kappa shape index (κ3) is 3.46. The van der Waals surface area contributed by atoms with Crippen LogP contribution in [0.2, 0.25) is 0 Å². The fraction of sp³-hybridized carbons (Fsp3) is 0.143. The molecule has 0 heterocycles. The molecule has 0 saturated carbocycles. The highest BCUT2D eigenvalue weighted by Gasteiger charge is 2.15. The fourth-order valence-corrected chi connectivity index (χ4v) is 3.59. The van der Waals surface area contributed by atoms with E-state index in [-0.39, 0.29) is 4.90 Å². The average molecular weight is 308 g/mol. The minimum atomic E-state index is -3.59. The monoisotopic (exact) mass is 308 g/mol. The van der Waals surface area contributed by atoms with Gasteiger partial charge in [0, 0.05) is 10.6 Å². The Morgan fingerprint density at radius 1 is 1.10 bits per heavy atom. The van der Waals surface area contributed by atoms with E-state index in [4.69, 9.17) is 5.73 Å². The van der Waals surface area contributed by atoms with E-state index in [0.29, 0.717) is 11.4 Å². The lowest BCUT2D eigenvalue weighted by molar-refractivity contribution is 0.601. The summed E-state index contributed by atoms with van der Waals surface area (Å²) >= 11 is 1.59. The minimum Gasteiger partial charge on any atom is -0.399 e. The zero-order valence-electron chi connectivity index (χ0n) is 11.0. The zero-order valence-corrected chi connectivity index (χ0v) is 12.7. The molecule has 0 unspecified atom stereocenters. The van der Waals surface area contributed by atoms with Crippen LogP contribution in [0.15, 0.2) is 58.3 Å². The molecule has 106 valence electrons. The molecule has 0 saturated heterocycles. The van der Waals surface area contributed by atoms with Gasteiger partial charge in [0.2, 0.25) is 0 Å². The molecule has 20 heavy (non-hydrogen) atoms. The summed E-state index contributed by atoms with van der Waals surface area (Å²) < 4.78 is 27.2. The molecule has 2 aromatic rings. The highest BCUT2D eigenvalue weighted by molar-refractivity contribution is 7.99. The summed E-state index contributed by atoms with van der Waals surface area (Å²) in [5.74, 6) is 0.876. The Labute approximate surface area is 123 Å². The van der Waals surface area contributed by atoms with Crippen LogP contribution in [-0.2, 0) is 10.0 Å². The van der Waals surface area contributed by atoms with Gasteiger partial charge in [0.15, 0.2) is 0 Å². The molecule has 0 bridgehead atoms. The molecule has 0 aliphatic heterocycles. The van der Waals surface area contributed by atoms with Gasteiger partial charge in [0.25, 0.3) is 10.0 Å². The van der Waals surface area contributed by atoms with E-state index in [9.17, 15) is 8.42 Å². The van der Waals surface area contributed by atoms with E-state index < -0.39 is 10.0 Å². The first kappa shape index (κ1) is 14.7. The fourth-order valence-electron chi connectivity index (χ4n) is 1.68. The van der Waals surface area contributed by atoms with E-state index in [1.54, 1.807) is 36.0 Å². The lowest BCUT2D eigenvalue weighted by Gasteiger charge is -2.11. The first-order valence-electron chi connectivity index (χ1n) is 6.13. The summed E-state index contributed by atoms with van der Waals surface area (Å²) in [6, 6.07) is 13.5. The standard InChI is InChI=1S/C14H16N2O2S2/c1-2-19-14-6-4-3-5-13(14)16-20(17,18)12-9-7-11(15)8-10-12/h3-10,16H,2,15H2,1H3. The van der Waals surface area contributed by atoms with Crippen molar-refractivity contribution in [3.63, 3.8) is 0 Å². The van der Waals surface area contributed by atoms with Gasteiger partial charge in [-0.15, -0.1) is 11.8 Å². The molecule has 6 heteroatoms. The second kappa shape index (κ2) is 6.19. The van der Waals surface area contributed by atoms with Crippen molar-refractivity contribution in [2.45, 2.75) is 16.7 Å². The Hall–Kier alpha value is -1.66. The van der Waals surface area contributed by atoms with Crippen molar-refractivity contribution in [3.05, 3.63) is 48.5 Å². The smallest absolute Gasteiger partial charge is 0.261 e. The first-order valence-corrected chi connectivity index (χ1v) is 8.60. The Balaban J connectivity index is 2.31. The van der Waals surface area contributed by atoms with Crippen LogP contribution in [0.1, 0.15) is 6.92 Å².